The van der Waals surface area contributed by atoms with Crippen molar-refractivity contribution in [1.82, 2.24) is 0 Å². The molecule has 0 spiro atoms. The van der Waals surface area contributed by atoms with E-state index in [0.29, 0.717) is 0 Å². The fraction of sp³-hybridized carbons (Fsp3) is 0.0943. The lowest BCUT2D eigenvalue weighted by Gasteiger charge is -2.29. The Balaban J connectivity index is 0.974. The Morgan fingerprint density at radius 2 is 1.22 bits per heavy atom. The molecular weight excluding hydrogens is 718 g/mol. The van der Waals surface area contributed by atoms with E-state index in [1.165, 1.54) is 104 Å². The van der Waals surface area contributed by atoms with Crippen LogP contribution in [-0.4, -0.2) is 26.1 Å². The maximum Gasteiger partial charge on any atom is 0.193 e. The van der Waals surface area contributed by atoms with Gasteiger partial charge in [-0.1, -0.05) is 174 Å². The van der Waals surface area contributed by atoms with Crippen LogP contribution in [0.15, 0.2) is 173 Å². The predicted octanol–water partition coefficient (Wildman–Crippen LogP) is 9.58. The fourth-order valence-electron chi connectivity index (χ4n) is 10.2. The van der Waals surface area contributed by atoms with Gasteiger partial charge in [0.2, 0.25) is 0 Å². The Morgan fingerprint density at radius 1 is 0.552 bits per heavy atom. The van der Waals surface area contributed by atoms with E-state index in [1.54, 1.807) is 0 Å². The Kier molecular flexibility index (Phi) is 7.81. The van der Waals surface area contributed by atoms with E-state index in [0.717, 1.165) is 38.9 Å². The molecule has 0 saturated carbocycles. The second-order valence-electron chi connectivity index (χ2n) is 16.4. The zero-order valence-electron chi connectivity index (χ0n) is 32.4. The molecule has 1 aromatic heterocycles. The lowest BCUT2D eigenvalue weighted by Crippen LogP contribution is -2.27. The lowest BCUT2D eigenvalue weighted by atomic mass is 9.66. The van der Waals surface area contributed by atoms with Crippen LogP contribution in [0, 0.1) is 5.92 Å². The zero-order valence-corrected chi connectivity index (χ0v) is 33.2. The largest absolute Gasteiger partial charge is 0.258 e. The second-order valence-corrected chi connectivity index (χ2v) is 17.4. The van der Waals surface area contributed by atoms with Gasteiger partial charge in [-0.25, -0.2) is 4.99 Å². The van der Waals surface area contributed by atoms with E-state index in [1.807, 2.05) is 11.3 Å². The molecule has 0 fully saturated rings. The number of fused-ring (bicyclic) bond motifs is 9. The molecule has 1 unspecified atom stereocenters. The summed E-state index contributed by atoms with van der Waals surface area (Å²) < 4.78 is 1.34. The van der Waals surface area contributed by atoms with Gasteiger partial charge in [0.25, 0.3) is 0 Å². The van der Waals surface area contributed by atoms with Crippen molar-refractivity contribution < 1.29 is 0 Å². The Morgan fingerprint density at radius 3 is 2.02 bits per heavy atom. The molecule has 0 radical (unpaired) electrons. The molecule has 0 saturated heterocycles. The van der Waals surface area contributed by atoms with E-state index in [9.17, 15) is 0 Å². The van der Waals surface area contributed by atoms with Crippen LogP contribution in [-0.2, 0) is 6.42 Å². The van der Waals surface area contributed by atoms with Gasteiger partial charge in [-0.3, -0.25) is 4.99 Å². The average molecular weight is 757 g/mol. The number of aryl methyl sites for hydroxylation is 1. The summed E-state index contributed by atoms with van der Waals surface area (Å²) in [6.45, 7) is 2.27. The number of benzene rings is 7. The minimum absolute atomic E-state index is 0.0190. The molecule has 4 aliphatic rings. The highest BCUT2D eigenvalue weighted by Crippen LogP contribution is 2.44. The van der Waals surface area contributed by atoms with Gasteiger partial charge >= 0.3 is 0 Å². The zero-order chi connectivity index (χ0) is 38.3. The molecule has 12 rings (SSSR count). The molecule has 58 heavy (non-hydrogen) atoms. The van der Waals surface area contributed by atoms with Crippen molar-refractivity contribution >= 4 is 75.5 Å². The first-order valence-corrected chi connectivity index (χ1v) is 21.5. The molecular formula is C53H38B2N2S. The van der Waals surface area contributed by atoms with E-state index in [4.69, 9.17) is 9.98 Å². The Labute approximate surface area is 344 Å². The van der Waals surface area contributed by atoms with Crippen LogP contribution in [0.25, 0.3) is 60.7 Å². The monoisotopic (exact) mass is 756 g/mol. The second kappa shape index (κ2) is 13.4. The van der Waals surface area contributed by atoms with Gasteiger partial charge in [0, 0.05) is 15.5 Å². The summed E-state index contributed by atoms with van der Waals surface area (Å²) in [5.74, 6) is 1.05. The molecule has 4 heterocycles. The number of rotatable bonds is 5. The molecule has 3 aliphatic heterocycles. The number of hydrogen-bond acceptors (Lipinski definition) is 3. The SMILES string of the molecule is C[C@H]1C(c2ccccc2)=NC(C2=Cc3sc4cc(-c5cc(-c6cccc7c6-c6ccccc6B7)cc6c5-c5ccccc5B6)ccc4c3CC2)=NC1c1ccccc1. The number of nitrogens with zero attached hydrogens (tertiary/aromatic N) is 2. The molecule has 2 nitrogen and oxygen atoms in total. The maximum absolute atomic E-state index is 5.40. The van der Waals surface area contributed by atoms with Crippen molar-refractivity contribution in [1.29, 1.82) is 0 Å². The number of thiophene rings is 1. The van der Waals surface area contributed by atoms with Gasteiger partial charge in [-0.05, 0) is 103 Å². The molecule has 7 aromatic carbocycles. The molecule has 8 aromatic rings. The van der Waals surface area contributed by atoms with Gasteiger partial charge in [0.05, 0.1) is 11.8 Å². The third-order valence-corrected chi connectivity index (χ3v) is 14.1. The summed E-state index contributed by atoms with van der Waals surface area (Å²) in [6.07, 6.45) is 4.31. The first kappa shape index (κ1) is 33.8. The maximum atomic E-state index is 5.40. The predicted molar refractivity (Wildman–Crippen MR) is 251 cm³/mol. The van der Waals surface area contributed by atoms with Gasteiger partial charge in [-0.2, -0.15) is 0 Å². The van der Waals surface area contributed by atoms with Crippen LogP contribution < -0.4 is 21.9 Å². The normalized spacial score (nSPS) is 17.2. The summed E-state index contributed by atoms with van der Waals surface area (Å²) in [4.78, 5) is 12.1. The molecule has 0 amide bonds. The molecule has 0 N–H and O–H groups in total. The number of aliphatic imine (C=N–C) groups is 2. The van der Waals surface area contributed by atoms with Crippen molar-refractivity contribution in [2.24, 2.45) is 15.9 Å². The first-order valence-electron chi connectivity index (χ1n) is 20.6. The lowest BCUT2D eigenvalue weighted by molar-refractivity contribution is 0.591. The van der Waals surface area contributed by atoms with E-state index in [2.05, 4.69) is 171 Å². The van der Waals surface area contributed by atoms with Gasteiger partial charge in [0.1, 0.15) is 0 Å². The van der Waals surface area contributed by atoms with Crippen molar-refractivity contribution in [3.05, 3.63) is 185 Å². The van der Waals surface area contributed by atoms with Crippen LogP contribution >= 0.6 is 11.3 Å². The quantitative estimate of drug-likeness (QED) is 0.157. The highest BCUT2D eigenvalue weighted by atomic mass is 32.1. The fourth-order valence-corrected chi connectivity index (χ4v) is 11.5. The topological polar surface area (TPSA) is 24.7 Å². The number of amidine groups is 1. The minimum atomic E-state index is 0.0190. The number of hydrogen-bond donors (Lipinski definition) is 0. The third kappa shape index (κ3) is 5.41. The third-order valence-electron chi connectivity index (χ3n) is 13.0. The summed E-state index contributed by atoms with van der Waals surface area (Å²) >= 11 is 1.92. The van der Waals surface area contributed by atoms with Gasteiger partial charge < -0.3 is 0 Å². The van der Waals surface area contributed by atoms with E-state index >= 15 is 0 Å². The van der Waals surface area contributed by atoms with Gasteiger partial charge in [-0.15, -0.1) is 11.3 Å². The van der Waals surface area contributed by atoms with E-state index in [-0.39, 0.29) is 12.0 Å². The van der Waals surface area contributed by atoms with E-state index < -0.39 is 0 Å². The molecule has 272 valence electrons. The first-order chi connectivity index (χ1) is 28.6. The highest BCUT2D eigenvalue weighted by Gasteiger charge is 2.32. The summed E-state index contributed by atoms with van der Waals surface area (Å²) in [6, 6.07) is 58.5. The average Bonchev–Trinajstić information content (AvgIpc) is 3.97. The van der Waals surface area contributed by atoms with Crippen LogP contribution in [0.2, 0.25) is 0 Å². The molecule has 0 bridgehead atoms. The molecule has 5 heteroatoms. The van der Waals surface area contributed by atoms with Crippen molar-refractivity contribution in [2.75, 3.05) is 0 Å². The standard InChI is InChI=1S/C53H38B2N2S/c1-31-51(32-13-4-2-5-14-32)56-53(57-52(31)33-15-6-3-7-16-33)35-24-26-39-38-25-23-34(29-47(38)58-48(39)30-35)42-27-36(28-46-50(42)41-18-9-11-21-44(41)55-46)37-19-12-22-45-49(37)40-17-8-10-20-43(40)54-45/h2-23,25,27-31,51,54-55H,24,26H2,1H3/t31-,51?/m1/s1. The van der Waals surface area contributed by atoms with Crippen LogP contribution in [0.5, 0.6) is 0 Å². The molecule has 2 atom stereocenters. The minimum Gasteiger partial charge on any atom is -0.258 e. The smallest absolute Gasteiger partial charge is 0.193 e. The Bertz CT molecular complexity index is 3080. The van der Waals surface area contributed by atoms with Crippen LogP contribution in [0.1, 0.15) is 41.0 Å². The summed E-state index contributed by atoms with van der Waals surface area (Å²) in [5, 5.41) is 1.37. The van der Waals surface area contributed by atoms with Crippen LogP contribution in [0.4, 0.5) is 0 Å². The van der Waals surface area contributed by atoms with Gasteiger partial charge in [0.15, 0.2) is 20.4 Å². The summed E-state index contributed by atoms with van der Waals surface area (Å²) in [7, 11) is 1.96. The molecule has 1 aliphatic carbocycles. The highest BCUT2D eigenvalue weighted by molar-refractivity contribution is 7.20. The van der Waals surface area contributed by atoms with Crippen LogP contribution in [0.3, 0.4) is 0 Å². The Hall–Kier alpha value is -6.29. The summed E-state index contributed by atoms with van der Waals surface area (Å²) in [5.41, 5.74) is 22.7. The van der Waals surface area contributed by atoms with Crippen molar-refractivity contribution in [2.45, 2.75) is 25.8 Å². The van der Waals surface area contributed by atoms with Crippen molar-refractivity contribution in [3.8, 4) is 44.5 Å². The van der Waals surface area contributed by atoms with Crippen molar-refractivity contribution in [3.63, 3.8) is 0 Å².